The zero-order valence-electron chi connectivity index (χ0n) is 15.9. The molecule has 0 aliphatic carbocycles. The molecular formula is C21H22F2N4OS. The molecule has 29 heavy (non-hydrogen) atoms. The maximum Gasteiger partial charge on any atom is 0.288 e. The van der Waals surface area contributed by atoms with Gasteiger partial charge in [-0.15, -0.1) is 0 Å². The van der Waals surface area contributed by atoms with E-state index in [1.54, 1.807) is 42.6 Å². The van der Waals surface area contributed by atoms with Crippen molar-refractivity contribution in [3.63, 3.8) is 0 Å². The van der Waals surface area contributed by atoms with Gasteiger partial charge >= 0.3 is 0 Å². The molecule has 0 bridgehead atoms. The maximum atomic E-state index is 12.6. The highest BCUT2D eigenvalue weighted by atomic mass is 32.2. The van der Waals surface area contributed by atoms with Crippen molar-refractivity contribution in [1.29, 1.82) is 0 Å². The van der Waals surface area contributed by atoms with Crippen LogP contribution in [0.2, 0.25) is 0 Å². The van der Waals surface area contributed by atoms with Crippen LogP contribution in [0.25, 0.3) is 0 Å². The predicted molar refractivity (Wildman–Crippen MR) is 112 cm³/mol. The summed E-state index contributed by atoms with van der Waals surface area (Å²) in [7, 11) is 0. The molecule has 0 atom stereocenters. The number of alkyl halides is 2. The lowest BCUT2D eigenvalue weighted by molar-refractivity contribution is 0.0953. The molecule has 0 fully saturated rings. The first-order valence-electron chi connectivity index (χ1n) is 9.19. The first kappa shape index (κ1) is 20.9. The molecule has 2 N–H and O–H groups in total. The number of nitrogens with zero attached hydrogens (tertiary/aromatic N) is 2. The fourth-order valence-corrected chi connectivity index (χ4v) is 3.29. The monoisotopic (exact) mass is 416 g/mol. The highest BCUT2D eigenvalue weighted by Gasteiger charge is 2.11. The lowest BCUT2D eigenvalue weighted by Crippen LogP contribution is -2.26. The summed E-state index contributed by atoms with van der Waals surface area (Å²) in [6, 6.07) is 13.9. The highest BCUT2D eigenvalue weighted by molar-refractivity contribution is 7.99. The number of para-hydroxylation sites is 1. The van der Waals surface area contributed by atoms with Gasteiger partial charge in [0.25, 0.3) is 11.7 Å². The molecule has 0 saturated heterocycles. The first-order chi connectivity index (χ1) is 14.0. The van der Waals surface area contributed by atoms with Crippen molar-refractivity contribution in [2.24, 2.45) is 0 Å². The molecule has 0 unspecified atom stereocenters. The summed E-state index contributed by atoms with van der Waals surface area (Å²) in [6.07, 6.45) is 4.54. The highest BCUT2D eigenvalue weighted by Crippen LogP contribution is 2.27. The van der Waals surface area contributed by atoms with Crippen molar-refractivity contribution in [2.75, 3.05) is 11.9 Å². The topological polar surface area (TPSA) is 59.0 Å². The van der Waals surface area contributed by atoms with Crippen molar-refractivity contribution in [1.82, 2.24) is 15.1 Å². The number of hydrogen-bond acceptors (Lipinski definition) is 4. The SMILES string of the molecule is Cc1cnn(CCCNC(=O)c2ccccc2Nc2ccc(SC(F)F)cc2)c1. The van der Waals surface area contributed by atoms with Crippen LogP contribution in [0.1, 0.15) is 22.3 Å². The number of amides is 1. The van der Waals surface area contributed by atoms with Crippen LogP contribution in [0.4, 0.5) is 20.2 Å². The Bertz CT molecular complexity index is 944. The molecule has 0 spiro atoms. The van der Waals surface area contributed by atoms with E-state index in [1.165, 1.54) is 0 Å². The number of nitrogens with one attached hydrogen (secondary N) is 2. The number of carbonyl (C=O) groups excluding carboxylic acids is 1. The summed E-state index contributed by atoms with van der Waals surface area (Å²) in [6.45, 7) is 3.25. The van der Waals surface area contributed by atoms with Crippen LogP contribution in [0.15, 0.2) is 65.8 Å². The molecule has 2 aromatic carbocycles. The second-order valence-corrected chi connectivity index (χ2v) is 7.53. The van der Waals surface area contributed by atoms with Gasteiger partial charge in [-0.2, -0.15) is 13.9 Å². The Morgan fingerprint density at radius 2 is 1.93 bits per heavy atom. The minimum atomic E-state index is -2.45. The largest absolute Gasteiger partial charge is 0.355 e. The average molecular weight is 416 g/mol. The summed E-state index contributed by atoms with van der Waals surface area (Å²) >= 11 is 0.501. The maximum absolute atomic E-state index is 12.6. The molecule has 0 aliphatic heterocycles. The van der Waals surface area contributed by atoms with Gasteiger partial charge < -0.3 is 10.6 Å². The number of aromatic nitrogens is 2. The smallest absolute Gasteiger partial charge is 0.288 e. The molecule has 3 aromatic rings. The van der Waals surface area contributed by atoms with Crippen LogP contribution >= 0.6 is 11.8 Å². The quantitative estimate of drug-likeness (QED) is 0.378. The van der Waals surface area contributed by atoms with Crippen LogP contribution < -0.4 is 10.6 Å². The number of rotatable bonds is 9. The number of thioether (sulfide) groups is 1. The Labute approximate surface area is 172 Å². The number of carbonyl (C=O) groups is 1. The molecule has 3 rings (SSSR count). The Hall–Kier alpha value is -2.87. The third-order valence-electron chi connectivity index (χ3n) is 4.14. The summed E-state index contributed by atoms with van der Waals surface area (Å²) < 4.78 is 26.7. The number of halogens is 2. The Balaban J connectivity index is 1.56. The molecule has 1 aromatic heterocycles. The van der Waals surface area contributed by atoms with E-state index in [0.29, 0.717) is 34.5 Å². The van der Waals surface area contributed by atoms with Gasteiger partial charge in [0.1, 0.15) is 0 Å². The van der Waals surface area contributed by atoms with Gasteiger partial charge in [0.15, 0.2) is 0 Å². The van der Waals surface area contributed by atoms with E-state index in [2.05, 4.69) is 15.7 Å². The van der Waals surface area contributed by atoms with Gasteiger partial charge in [-0.05, 0) is 55.3 Å². The van der Waals surface area contributed by atoms with Gasteiger partial charge in [0.2, 0.25) is 0 Å². The Morgan fingerprint density at radius 3 is 2.62 bits per heavy atom. The van der Waals surface area contributed by atoms with Crippen molar-refractivity contribution < 1.29 is 13.6 Å². The van der Waals surface area contributed by atoms with Crippen LogP contribution in [-0.4, -0.2) is 28.0 Å². The number of benzene rings is 2. The summed E-state index contributed by atoms with van der Waals surface area (Å²) in [5.74, 6) is -2.62. The lowest BCUT2D eigenvalue weighted by atomic mass is 10.1. The molecule has 8 heteroatoms. The van der Waals surface area contributed by atoms with Crippen LogP contribution in [-0.2, 0) is 6.54 Å². The van der Waals surface area contributed by atoms with Gasteiger partial charge in [0.05, 0.1) is 17.4 Å². The number of anilines is 2. The predicted octanol–water partition coefficient (Wildman–Crippen LogP) is 5.07. The van der Waals surface area contributed by atoms with Crippen LogP contribution in [0.5, 0.6) is 0 Å². The normalized spacial score (nSPS) is 10.9. The summed E-state index contributed by atoms with van der Waals surface area (Å²) in [5, 5.41) is 10.3. The molecule has 0 radical (unpaired) electrons. The van der Waals surface area contributed by atoms with E-state index in [1.807, 2.05) is 29.9 Å². The molecule has 0 aliphatic rings. The number of hydrogen-bond donors (Lipinski definition) is 2. The lowest BCUT2D eigenvalue weighted by Gasteiger charge is -2.13. The van der Waals surface area contributed by atoms with E-state index in [-0.39, 0.29) is 5.91 Å². The van der Waals surface area contributed by atoms with E-state index in [4.69, 9.17) is 0 Å². The fourth-order valence-electron chi connectivity index (χ4n) is 2.79. The van der Waals surface area contributed by atoms with E-state index in [9.17, 15) is 13.6 Å². The van der Waals surface area contributed by atoms with Crippen LogP contribution in [0, 0.1) is 6.92 Å². The third-order valence-corrected chi connectivity index (χ3v) is 4.86. The fraction of sp³-hybridized carbons (Fsp3) is 0.238. The molecule has 1 amide bonds. The second-order valence-electron chi connectivity index (χ2n) is 6.46. The van der Waals surface area contributed by atoms with Gasteiger partial charge in [0, 0.05) is 29.9 Å². The van der Waals surface area contributed by atoms with Crippen molar-refractivity contribution in [3.8, 4) is 0 Å². The molecule has 1 heterocycles. The van der Waals surface area contributed by atoms with Crippen molar-refractivity contribution in [2.45, 2.75) is 30.5 Å². The van der Waals surface area contributed by atoms with E-state index < -0.39 is 5.76 Å². The molecule has 5 nitrogen and oxygen atoms in total. The first-order valence-corrected chi connectivity index (χ1v) is 10.1. The zero-order valence-corrected chi connectivity index (χ0v) is 16.8. The van der Waals surface area contributed by atoms with Crippen molar-refractivity contribution >= 4 is 29.0 Å². The molecular weight excluding hydrogens is 394 g/mol. The standard InChI is InChI=1S/C21H22F2N4OS/c1-15-13-25-27(14-15)12-4-11-24-20(28)18-5-2-3-6-19(18)26-16-7-9-17(10-8-16)29-21(22)23/h2-3,5-10,13-14,21,26H,4,11-12H2,1H3,(H,24,28). The second kappa shape index (κ2) is 10.1. The van der Waals surface area contributed by atoms with Gasteiger partial charge in [-0.1, -0.05) is 23.9 Å². The Morgan fingerprint density at radius 1 is 1.17 bits per heavy atom. The molecule has 0 saturated carbocycles. The average Bonchev–Trinajstić information content (AvgIpc) is 3.12. The van der Waals surface area contributed by atoms with Gasteiger partial charge in [-0.25, -0.2) is 0 Å². The molecule has 152 valence electrons. The van der Waals surface area contributed by atoms with E-state index in [0.717, 1.165) is 24.2 Å². The van der Waals surface area contributed by atoms with Crippen molar-refractivity contribution in [3.05, 3.63) is 72.1 Å². The van der Waals surface area contributed by atoms with Crippen LogP contribution in [0.3, 0.4) is 0 Å². The minimum absolute atomic E-state index is 0.172. The minimum Gasteiger partial charge on any atom is -0.355 e. The Kier molecular flexibility index (Phi) is 7.24. The summed E-state index contributed by atoms with van der Waals surface area (Å²) in [4.78, 5) is 13.1. The third kappa shape index (κ3) is 6.32. The zero-order chi connectivity index (χ0) is 20.6. The number of aryl methyl sites for hydroxylation is 2. The van der Waals surface area contributed by atoms with E-state index >= 15 is 0 Å². The summed E-state index contributed by atoms with van der Waals surface area (Å²) in [5.41, 5.74) is 3.00. The van der Waals surface area contributed by atoms with Gasteiger partial charge in [-0.3, -0.25) is 9.48 Å².